The van der Waals surface area contributed by atoms with Crippen molar-refractivity contribution in [3.05, 3.63) is 51.9 Å². The van der Waals surface area contributed by atoms with Crippen LogP contribution in [-0.4, -0.2) is 23.2 Å². The average Bonchev–Trinajstić information content (AvgIpc) is 2.89. The lowest BCUT2D eigenvalue weighted by Crippen LogP contribution is -2.20. The Morgan fingerprint density at radius 3 is 2.67 bits per heavy atom. The van der Waals surface area contributed by atoms with Crippen LogP contribution in [0.1, 0.15) is 40.4 Å². The van der Waals surface area contributed by atoms with E-state index in [2.05, 4.69) is 10.5 Å². The smallest absolute Gasteiger partial charge is 0.256 e. The molecule has 2 rings (SSSR count). The first-order chi connectivity index (χ1) is 10.1. The Balaban J connectivity index is 2.24. The molecule has 0 bridgehead atoms. The van der Waals surface area contributed by atoms with E-state index in [-0.39, 0.29) is 12.3 Å². The number of aliphatic hydroxyl groups is 1. The number of aromatic nitrogens is 1. The molecule has 0 spiro atoms. The molecule has 1 aromatic carbocycles. The number of carbonyl (C=O) groups is 1. The fourth-order valence-corrected chi connectivity index (χ4v) is 2.23. The van der Waals surface area contributed by atoms with Gasteiger partial charge < -0.3 is 14.9 Å². The molecule has 1 atom stereocenters. The monoisotopic (exact) mass is 308 g/mol. The summed E-state index contributed by atoms with van der Waals surface area (Å²) < 4.78 is 5.23. The predicted octanol–water partition coefficient (Wildman–Crippen LogP) is 2.53. The van der Waals surface area contributed by atoms with E-state index in [4.69, 9.17) is 16.1 Å². The molecule has 21 heavy (non-hydrogen) atoms. The first kappa shape index (κ1) is 15.5. The number of amides is 1. The van der Waals surface area contributed by atoms with Gasteiger partial charge in [0.2, 0.25) is 0 Å². The number of aryl methyl sites for hydroxylation is 1. The summed E-state index contributed by atoms with van der Waals surface area (Å²) in [5.74, 6) is 0.125. The van der Waals surface area contributed by atoms with Crippen LogP contribution in [0.5, 0.6) is 0 Å². The van der Waals surface area contributed by atoms with Crippen molar-refractivity contribution in [2.24, 2.45) is 0 Å². The van der Waals surface area contributed by atoms with Gasteiger partial charge in [-0.3, -0.25) is 4.79 Å². The highest BCUT2D eigenvalue weighted by Gasteiger charge is 2.23. The molecule has 0 aliphatic carbocycles. The molecular weight excluding hydrogens is 292 g/mol. The summed E-state index contributed by atoms with van der Waals surface area (Å²) in [5.41, 5.74) is 1.71. The summed E-state index contributed by atoms with van der Waals surface area (Å²) in [6, 6.07) is 6.89. The number of halogens is 1. The number of aliphatic hydroxyl groups excluding tert-OH is 1. The zero-order chi connectivity index (χ0) is 15.4. The minimum Gasteiger partial charge on any atom is -0.388 e. The first-order valence-electron chi connectivity index (χ1n) is 6.69. The van der Waals surface area contributed by atoms with Crippen molar-refractivity contribution in [1.82, 2.24) is 10.5 Å². The normalized spacial score (nSPS) is 12.2. The second kappa shape index (κ2) is 6.74. The highest BCUT2D eigenvalue weighted by Crippen LogP contribution is 2.24. The maximum absolute atomic E-state index is 11.9. The average molecular weight is 309 g/mol. The molecule has 2 N–H and O–H groups in total. The second-order valence-electron chi connectivity index (χ2n) is 4.63. The molecular formula is C15H17ClN2O3. The Bertz CT molecular complexity index is 622. The number of rotatable bonds is 5. The maximum atomic E-state index is 11.9. The van der Waals surface area contributed by atoms with Crippen LogP contribution in [0.15, 0.2) is 28.8 Å². The van der Waals surface area contributed by atoms with Crippen LogP contribution < -0.4 is 5.32 Å². The highest BCUT2D eigenvalue weighted by molar-refractivity contribution is 6.30. The Labute approximate surface area is 127 Å². The lowest BCUT2D eigenvalue weighted by Gasteiger charge is -2.10. The minimum absolute atomic E-state index is 0.178. The lowest BCUT2D eigenvalue weighted by atomic mass is 10.0. The van der Waals surface area contributed by atoms with Crippen molar-refractivity contribution < 1.29 is 14.4 Å². The van der Waals surface area contributed by atoms with Crippen molar-refractivity contribution in [3.63, 3.8) is 0 Å². The molecule has 1 unspecified atom stereocenters. The molecule has 0 saturated carbocycles. The van der Waals surface area contributed by atoms with E-state index in [1.54, 1.807) is 31.3 Å². The van der Waals surface area contributed by atoms with Crippen molar-refractivity contribution >= 4 is 17.5 Å². The van der Waals surface area contributed by atoms with Gasteiger partial charge in [0.15, 0.2) is 5.76 Å². The summed E-state index contributed by atoms with van der Waals surface area (Å²) >= 11 is 5.82. The molecule has 1 heterocycles. The van der Waals surface area contributed by atoms with Crippen LogP contribution in [0, 0.1) is 0 Å². The molecule has 2 aromatic rings. The van der Waals surface area contributed by atoms with Crippen LogP contribution in [-0.2, 0) is 12.8 Å². The molecule has 0 aliphatic rings. The minimum atomic E-state index is -0.789. The van der Waals surface area contributed by atoms with Crippen LogP contribution in [0.2, 0.25) is 5.02 Å². The molecule has 6 heteroatoms. The highest BCUT2D eigenvalue weighted by atomic mass is 35.5. The van der Waals surface area contributed by atoms with E-state index in [0.29, 0.717) is 34.0 Å². The zero-order valence-corrected chi connectivity index (χ0v) is 12.6. The van der Waals surface area contributed by atoms with Gasteiger partial charge in [-0.2, -0.15) is 0 Å². The van der Waals surface area contributed by atoms with E-state index in [1.165, 1.54) is 0 Å². The Morgan fingerprint density at radius 1 is 1.43 bits per heavy atom. The Hall–Kier alpha value is -1.85. The third-order valence-electron chi connectivity index (χ3n) is 3.26. The number of hydrogen-bond donors (Lipinski definition) is 2. The molecule has 0 saturated heterocycles. The summed E-state index contributed by atoms with van der Waals surface area (Å²) in [4.78, 5) is 11.9. The molecule has 0 aliphatic heterocycles. The third-order valence-corrected chi connectivity index (χ3v) is 3.51. The van der Waals surface area contributed by atoms with Gasteiger partial charge in [0, 0.05) is 18.5 Å². The fraction of sp³-hybridized carbons (Fsp3) is 0.333. The maximum Gasteiger partial charge on any atom is 0.256 e. The Kier molecular flexibility index (Phi) is 4.98. The van der Waals surface area contributed by atoms with Gasteiger partial charge in [-0.15, -0.1) is 0 Å². The Morgan fingerprint density at radius 2 is 2.10 bits per heavy atom. The predicted molar refractivity (Wildman–Crippen MR) is 79.4 cm³/mol. The number of hydrogen-bond acceptors (Lipinski definition) is 4. The van der Waals surface area contributed by atoms with Crippen LogP contribution in [0.25, 0.3) is 0 Å². The van der Waals surface area contributed by atoms with Gasteiger partial charge in [0.25, 0.3) is 5.91 Å². The van der Waals surface area contributed by atoms with Gasteiger partial charge in [0.1, 0.15) is 5.56 Å². The standard InChI is InChI=1S/C15H17ClN2O3/c1-3-11-14(15(20)17-2)13(21-18-11)8-12(19)9-4-6-10(16)7-5-9/h4-7,12,19H,3,8H2,1-2H3,(H,17,20). The number of benzene rings is 1. The van der Waals surface area contributed by atoms with Gasteiger partial charge in [0.05, 0.1) is 11.8 Å². The topological polar surface area (TPSA) is 75.4 Å². The SMILES string of the molecule is CCc1noc(CC(O)c2ccc(Cl)cc2)c1C(=O)NC. The number of carbonyl (C=O) groups excluding carboxylic acids is 1. The summed E-state index contributed by atoms with van der Waals surface area (Å²) in [5, 5.41) is 17.3. The summed E-state index contributed by atoms with van der Waals surface area (Å²) in [7, 11) is 1.55. The van der Waals surface area contributed by atoms with Crippen LogP contribution in [0.4, 0.5) is 0 Å². The second-order valence-corrected chi connectivity index (χ2v) is 5.07. The zero-order valence-electron chi connectivity index (χ0n) is 11.9. The van der Waals surface area contributed by atoms with Gasteiger partial charge >= 0.3 is 0 Å². The summed E-state index contributed by atoms with van der Waals surface area (Å²) in [6.45, 7) is 1.89. The largest absolute Gasteiger partial charge is 0.388 e. The van der Waals surface area contributed by atoms with Crippen molar-refractivity contribution in [3.8, 4) is 0 Å². The van der Waals surface area contributed by atoms with E-state index in [1.807, 2.05) is 6.92 Å². The van der Waals surface area contributed by atoms with Gasteiger partial charge in [-0.25, -0.2) is 0 Å². The summed E-state index contributed by atoms with van der Waals surface area (Å²) in [6.07, 6.45) is -0.0240. The van der Waals surface area contributed by atoms with E-state index in [0.717, 1.165) is 0 Å². The van der Waals surface area contributed by atoms with Gasteiger partial charge in [-0.05, 0) is 24.1 Å². The van der Waals surface area contributed by atoms with Crippen molar-refractivity contribution in [2.45, 2.75) is 25.9 Å². The number of nitrogens with zero attached hydrogens (tertiary/aromatic N) is 1. The van der Waals surface area contributed by atoms with E-state index < -0.39 is 6.10 Å². The molecule has 0 fully saturated rings. The molecule has 0 radical (unpaired) electrons. The van der Waals surface area contributed by atoms with Crippen LogP contribution >= 0.6 is 11.6 Å². The number of nitrogens with one attached hydrogen (secondary N) is 1. The molecule has 1 amide bonds. The fourth-order valence-electron chi connectivity index (χ4n) is 2.10. The van der Waals surface area contributed by atoms with E-state index in [9.17, 15) is 9.90 Å². The third kappa shape index (κ3) is 3.43. The first-order valence-corrected chi connectivity index (χ1v) is 7.07. The quantitative estimate of drug-likeness (QED) is 0.890. The molecule has 1 aromatic heterocycles. The molecule has 5 nitrogen and oxygen atoms in total. The van der Waals surface area contributed by atoms with Crippen molar-refractivity contribution in [1.29, 1.82) is 0 Å². The van der Waals surface area contributed by atoms with E-state index >= 15 is 0 Å². The van der Waals surface area contributed by atoms with Gasteiger partial charge in [-0.1, -0.05) is 35.8 Å². The molecule has 112 valence electrons. The van der Waals surface area contributed by atoms with Crippen molar-refractivity contribution in [2.75, 3.05) is 7.05 Å². The van der Waals surface area contributed by atoms with Crippen LogP contribution in [0.3, 0.4) is 0 Å². The lowest BCUT2D eigenvalue weighted by molar-refractivity contribution is 0.0958.